The molecule has 0 spiro atoms. The molecule has 2 aromatic rings. The highest BCUT2D eigenvalue weighted by atomic mass is 79.9. The van der Waals surface area contributed by atoms with Gasteiger partial charge in [-0.3, -0.25) is 0 Å². The van der Waals surface area contributed by atoms with Crippen molar-refractivity contribution >= 4 is 43.8 Å². The Labute approximate surface area is 132 Å². The molecule has 0 aromatic heterocycles. The van der Waals surface area contributed by atoms with Crippen LogP contribution in [-0.4, -0.2) is 22.2 Å². The Morgan fingerprint density at radius 1 is 0.650 bits per heavy atom. The van der Waals surface area contributed by atoms with Gasteiger partial charge < -0.3 is 10.2 Å². The maximum Gasteiger partial charge on any atom is 0.335 e. The van der Waals surface area contributed by atoms with Crippen LogP contribution in [0, 0.1) is 0 Å². The molecule has 0 heterocycles. The van der Waals surface area contributed by atoms with E-state index in [1.165, 1.54) is 0 Å². The van der Waals surface area contributed by atoms with Crippen molar-refractivity contribution in [2.45, 2.75) is 0 Å². The van der Waals surface area contributed by atoms with Gasteiger partial charge in [-0.25, -0.2) is 9.59 Å². The van der Waals surface area contributed by atoms with Gasteiger partial charge in [-0.05, 0) is 48.5 Å². The fraction of sp³-hybridized carbons (Fsp3) is 0. The van der Waals surface area contributed by atoms with Crippen molar-refractivity contribution in [3.8, 4) is 0 Å². The van der Waals surface area contributed by atoms with E-state index in [0.29, 0.717) is 11.1 Å². The van der Waals surface area contributed by atoms with Gasteiger partial charge in [0.25, 0.3) is 0 Å². The molecule has 0 radical (unpaired) electrons. The summed E-state index contributed by atoms with van der Waals surface area (Å²) in [5, 5.41) is 16.9. The molecule has 0 saturated carbocycles. The second kappa shape index (κ2) is 7.81. The maximum absolute atomic E-state index is 10.3. The number of halogens is 2. The third-order valence-electron chi connectivity index (χ3n) is 2.18. The van der Waals surface area contributed by atoms with Crippen molar-refractivity contribution in [3.63, 3.8) is 0 Å². The normalized spacial score (nSPS) is 9.30. The third kappa shape index (κ3) is 5.54. The van der Waals surface area contributed by atoms with E-state index in [1.54, 1.807) is 48.5 Å². The summed E-state index contributed by atoms with van der Waals surface area (Å²) in [4.78, 5) is 20.6. The first-order valence-corrected chi connectivity index (χ1v) is 6.96. The molecule has 0 aliphatic heterocycles. The number of aromatic carboxylic acids is 2. The molecule has 6 heteroatoms. The predicted octanol–water partition coefficient (Wildman–Crippen LogP) is 4.29. The van der Waals surface area contributed by atoms with Gasteiger partial charge in [-0.2, -0.15) is 0 Å². The van der Waals surface area contributed by atoms with Crippen LogP contribution in [0.3, 0.4) is 0 Å². The SMILES string of the molecule is O=C(O)c1ccc(Br)cc1.O=C(O)c1ccc(Br)cc1. The minimum atomic E-state index is -0.896. The van der Waals surface area contributed by atoms with Crippen molar-refractivity contribution in [3.05, 3.63) is 68.6 Å². The van der Waals surface area contributed by atoms with Crippen LogP contribution in [0.15, 0.2) is 57.5 Å². The molecule has 2 rings (SSSR count). The second-order valence-corrected chi connectivity index (χ2v) is 5.46. The number of carboxylic acids is 2. The molecule has 0 saturated heterocycles. The van der Waals surface area contributed by atoms with E-state index in [9.17, 15) is 9.59 Å². The van der Waals surface area contributed by atoms with Gasteiger partial charge in [0.05, 0.1) is 11.1 Å². The zero-order chi connectivity index (χ0) is 15.1. The molecule has 0 amide bonds. The van der Waals surface area contributed by atoms with Crippen LogP contribution in [0.4, 0.5) is 0 Å². The van der Waals surface area contributed by atoms with Crippen LogP contribution in [0.2, 0.25) is 0 Å². The molecule has 0 aliphatic rings. The lowest BCUT2D eigenvalue weighted by Crippen LogP contribution is -1.94. The molecule has 104 valence electrons. The molecule has 0 atom stereocenters. The standard InChI is InChI=1S/2C7H5BrO2/c2*8-6-3-1-5(2-4-6)7(9)10/h2*1-4H,(H,9,10). The molecule has 0 bridgehead atoms. The zero-order valence-electron chi connectivity index (χ0n) is 10.1. The largest absolute Gasteiger partial charge is 0.478 e. The summed E-state index contributed by atoms with van der Waals surface area (Å²) in [5.74, 6) is -1.79. The molecule has 2 N–H and O–H groups in total. The van der Waals surface area contributed by atoms with E-state index in [0.717, 1.165) is 8.95 Å². The summed E-state index contributed by atoms with van der Waals surface area (Å²) < 4.78 is 1.77. The Hall–Kier alpha value is -1.66. The number of benzene rings is 2. The first-order valence-electron chi connectivity index (χ1n) is 5.38. The van der Waals surface area contributed by atoms with Crippen LogP contribution in [0.5, 0.6) is 0 Å². The summed E-state index contributed by atoms with van der Waals surface area (Å²) in [6, 6.07) is 13.0. The van der Waals surface area contributed by atoms with Crippen molar-refractivity contribution < 1.29 is 19.8 Å². The van der Waals surface area contributed by atoms with Crippen molar-refractivity contribution in [1.29, 1.82) is 0 Å². The fourth-order valence-corrected chi connectivity index (χ4v) is 1.71. The smallest absolute Gasteiger partial charge is 0.335 e. The highest BCUT2D eigenvalue weighted by Gasteiger charge is 1.99. The fourth-order valence-electron chi connectivity index (χ4n) is 1.18. The Kier molecular flexibility index (Phi) is 6.41. The minimum Gasteiger partial charge on any atom is -0.478 e. The van der Waals surface area contributed by atoms with Crippen molar-refractivity contribution in [2.75, 3.05) is 0 Å². The van der Waals surface area contributed by atoms with Gasteiger partial charge in [-0.1, -0.05) is 31.9 Å². The molecule has 4 nitrogen and oxygen atoms in total. The van der Waals surface area contributed by atoms with E-state index in [2.05, 4.69) is 31.9 Å². The molecular weight excluding hydrogens is 392 g/mol. The monoisotopic (exact) mass is 400 g/mol. The van der Waals surface area contributed by atoms with E-state index in [-0.39, 0.29) is 0 Å². The predicted molar refractivity (Wildman–Crippen MR) is 82.2 cm³/mol. The van der Waals surface area contributed by atoms with Crippen LogP contribution in [0.1, 0.15) is 20.7 Å². The average molecular weight is 402 g/mol. The number of carboxylic acid groups (broad SMARTS) is 2. The topological polar surface area (TPSA) is 74.6 Å². The van der Waals surface area contributed by atoms with Crippen molar-refractivity contribution in [1.82, 2.24) is 0 Å². The Morgan fingerprint density at radius 2 is 0.900 bits per heavy atom. The molecule has 0 aliphatic carbocycles. The highest BCUT2D eigenvalue weighted by molar-refractivity contribution is 9.10. The summed E-state index contributed by atoms with van der Waals surface area (Å²) in [5.41, 5.74) is 0.617. The number of hydrogen-bond acceptors (Lipinski definition) is 2. The quantitative estimate of drug-likeness (QED) is 0.786. The van der Waals surface area contributed by atoms with Crippen LogP contribution in [0.25, 0.3) is 0 Å². The second-order valence-electron chi connectivity index (χ2n) is 3.62. The van der Waals surface area contributed by atoms with Gasteiger partial charge in [0.15, 0.2) is 0 Å². The summed E-state index contributed by atoms with van der Waals surface area (Å²) in [6.45, 7) is 0. The number of carbonyl (C=O) groups is 2. The third-order valence-corrected chi connectivity index (χ3v) is 3.24. The van der Waals surface area contributed by atoms with Gasteiger partial charge in [0.1, 0.15) is 0 Å². The van der Waals surface area contributed by atoms with Gasteiger partial charge in [-0.15, -0.1) is 0 Å². The van der Waals surface area contributed by atoms with Crippen molar-refractivity contribution in [2.24, 2.45) is 0 Å². The maximum atomic E-state index is 10.3. The highest BCUT2D eigenvalue weighted by Crippen LogP contribution is 2.10. The molecule has 0 fully saturated rings. The van der Waals surface area contributed by atoms with Crippen LogP contribution < -0.4 is 0 Å². The zero-order valence-corrected chi connectivity index (χ0v) is 13.3. The van der Waals surface area contributed by atoms with E-state index >= 15 is 0 Å². The first-order chi connectivity index (χ1) is 9.40. The lowest BCUT2D eigenvalue weighted by molar-refractivity contribution is 0.0686. The van der Waals surface area contributed by atoms with E-state index < -0.39 is 11.9 Å². The van der Waals surface area contributed by atoms with E-state index in [4.69, 9.17) is 10.2 Å². The minimum absolute atomic E-state index is 0.309. The lowest BCUT2D eigenvalue weighted by Gasteiger charge is -1.91. The lowest BCUT2D eigenvalue weighted by atomic mass is 10.2. The summed E-state index contributed by atoms with van der Waals surface area (Å²) in [7, 11) is 0. The van der Waals surface area contributed by atoms with Crippen LogP contribution in [-0.2, 0) is 0 Å². The molecule has 20 heavy (non-hydrogen) atoms. The van der Waals surface area contributed by atoms with Gasteiger partial charge in [0.2, 0.25) is 0 Å². The van der Waals surface area contributed by atoms with E-state index in [1.807, 2.05) is 0 Å². The van der Waals surface area contributed by atoms with Crippen LogP contribution >= 0.6 is 31.9 Å². The average Bonchev–Trinajstić information content (AvgIpc) is 2.40. The number of hydrogen-bond donors (Lipinski definition) is 2. The Balaban J connectivity index is 0.000000200. The molecular formula is C14H10Br2O4. The summed E-state index contributed by atoms with van der Waals surface area (Å²) >= 11 is 6.40. The summed E-state index contributed by atoms with van der Waals surface area (Å²) in [6.07, 6.45) is 0. The van der Waals surface area contributed by atoms with Gasteiger partial charge >= 0.3 is 11.9 Å². The number of rotatable bonds is 2. The first kappa shape index (κ1) is 16.4. The molecule has 2 aromatic carbocycles. The molecule has 0 unspecified atom stereocenters. The van der Waals surface area contributed by atoms with Gasteiger partial charge in [0, 0.05) is 8.95 Å². The Morgan fingerprint density at radius 3 is 1.10 bits per heavy atom. The Bertz CT molecular complexity index is 536.